The highest BCUT2D eigenvalue weighted by molar-refractivity contribution is 5.84. The molecule has 5 nitrogen and oxygen atoms in total. The Bertz CT molecular complexity index is 470. The second-order valence-corrected chi connectivity index (χ2v) is 5.48. The van der Waals surface area contributed by atoms with Gasteiger partial charge in [0.05, 0.1) is 0 Å². The number of alkyl carbamates (subject to hydrolysis) is 1. The molecule has 0 aromatic heterocycles. The van der Waals surface area contributed by atoms with Crippen molar-refractivity contribution < 1.29 is 14.3 Å². The Balaban J connectivity index is 1.84. The van der Waals surface area contributed by atoms with Crippen LogP contribution in [0.2, 0.25) is 0 Å². The van der Waals surface area contributed by atoms with Crippen LogP contribution in [0.4, 0.5) is 4.79 Å². The molecule has 1 atom stereocenters. The number of nitrogens with one attached hydrogen (secondary N) is 1. The maximum atomic E-state index is 11.8. The van der Waals surface area contributed by atoms with Gasteiger partial charge >= 0.3 is 6.09 Å². The lowest BCUT2D eigenvalue weighted by atomic mass is 9.83. The predicted molar refractivity (Wildman–Crippen MR) is 79.3 cm³/mol. The molecule has 0 heterocycles. The van der Waals surface area contributed by atoms with Crippen LogP contribution < -0.4 is 11.1 Å². The van der Waals surface area contributed by atoms with Crippen molar-refractivity contribution >= 4 is 12.0 Å². The Kier molecular flexibility index (Phi) is 5.60. The lowest BCUT2D eigenvalue weighted by Crippen LogP contribution is -2.49. The zero-order valence-corrected chi connectivity index (χ0v) is 12.1. The van der Waals surface area contributed by atoms with Gasteiger partial charge in [0.15, 0.2) is 0 Å². The quantitative estimate of drug-likeness (QED) is 0.873. The van der Waals surface area contributed by atoms with E-state index in [0.717, 1.165) is 31.2 Å². The fourth-order valence-corrected chi connectivity index (χ4v) is 2.78. The standard InChI is InChI=1S/C16H22N2O3/c17-15(19)14(13-9-5-2-6-10-13)18-16(20)21-11-12-7-3-1-4-8-12/h1,3-4,7-8,13-14H,2,5-6,9-11H2,(H2,17,19)(H,18,20)/t14-/m0/s1. The van der Waals surface area contributed by atoms with Crippen molar-refractivity contribution in [3.63, 3.8) is 0 Å². The highest BCUT2D eigenvalue weighted by atomic mass is 16.5. The Morgan fingerprint density at radius 3 is 2.48 bits per heavy atom. The summed E-state index contributed by atoms with van der Waals surface area (Å²) in [4.78, 5) is 23.4. The van der Waals surface area contributed by atoms with Crippen LogP contribution in [0.1, 0.15) is 37.7 Å². The van der Waals surface area contributed by atoms with Crippen molar-refractivity contribution in [3.8, 4) is 0 Å². The van der Waals surface area contributed by atoms with E-state index in [2.05, 4.69) is 5.32 Å². The average Bonchev–Trinajstić information content (AvgIpc) is 2.52. The monoisotopic (exact) mass is 290 g/mol. The van der Waals surface area contributed by atoms with E-state index in [1.54, 1.807) is 0 Å². The third kappa shape index (κ3) is 4.77. The van der Waals surface area contributed by atoms with Crippen LogP contribution >= 0.6 is 0 Å². The van der Waals surface area contributed by atoms with Crippen molar-refractivity contribution in [2.75, 3.05) is 0 Å². The molecule has 1 aromatic rings. The van der Waals surface area contributed by atoms with Crippen molar-refractivity contribution in [1.29, 1.82) is 0 Å². The lowest BCUT2D eigenvalue weighted by Gasteiger charge is -2.28. The fourth-order valence-electron chi connectivity index (χ4n) is 2.78. The molecule has 21 heavy (non-hydrogen) atoms. The Hall–Kier alpha value is -2.04. The molecule has 1 aromatic carbocycles. The second kappa shape index (κ2) is 7.67. The number of benzene rings is 1. The zero-order chi connectivity index (χ0) is 15.1. The number of hydrogen-bond acceptors (Lipinski definition) is 3. The van der Waals surface area contributed by atoms with Gasteiger partial charge in [-0.1, -0.05) is 49.6 Å². The van der Waals surface area contributed by atoms with Crippen LogP contribution in [0.25, 0.3) is 0 Å². The molecule has 1 aliphatic carbocycles. The Morgan fingerprint density at radius 2 is 1.86 bits per heavy atom. The van der Waals surface area contributed by atoms with Gasteiger partial charge in [0.1, 0.15) is 12.6 Å². The Labute approximate surface area is 124 Å². The molecule has 0 saturated heterocycles. The fraction of sp³-hybridized carbons (Fsp3) is 0.500. The molecule has 1 aliphatic rings. The number of ether oxygens (including phenoxy) is 1. The first kappa shape index (κ1) is 15.4. The smallest absolute Gasteiger partial charge is 0.408 e. The van der Waals surface area contributed by atoms with E-state index in [0.29, 0.717) is 0 Å². The Morgan fingerprint density at radius 1 is 1.19 bits per heavy atom. The summed E-state index contributed by atoms with van der Waals surface area (Å²) < 4.78 is 5.14. The van der Waals surface area contributed by atoms with Gasteiger partial charge in [-0.15, -0.1) is 0 Å². The number of nitrogens with two attached hydrogens (primary N) is 1. The van der Waals surface area contributed by atoms with E-state index < -0.39 is 18.0 Å². The SMILES string of the molecule is NC(=O)[C@@H](NC(=O)OCc1ccccc1)C1CCCCC1. The van der Waals surface area contributed by atoms with Crippen molar-refractivity contribution in [1.82, 2.24) is 5.32 Å². The number of hydrogen-bond donors (Lipinski definition) is 2. The highest BCUT2D eigenvalue weighted by Gasteiger charge is 2.29. The maximum Gasteiger partial charge on any atom is 0.408 e. The summed E-state index contributed by atoms with van der Waals surface area (Å²) in [5, 5.41) is 2.62. The van der Waals surface area contributed by atoms with Crippen molar-refractivity contribution in [3.05, 3.63) is 35.9 Å². The third-order valence-electron chi connectivity index (χ3n) is 3.91. The van der Waals surface area contributed by atoms with Gasteiger partial charge in [0, 0.05) is 0 Å². The molecule has 0 radical (unpaired) electrons. The lowest BCUT2D eigenvalue weighted by molar-refractivity contribution is -0.121. The molecular formula is C16H22N2O3. The van der Waals surface area contributed by atoms with E-state index in [9.17, 15) is 9.59 Å². The van der Waals surface area contributed by atoms with Crippen LogP contribution in [-0.4, -0.2) is 18.0 Å². The van der Waals surface area contributed by atoms with Crippen molar-refractivity contribution in [2.24, 2.45) is 11.7 Å². The predicted octanol–water partition coefficient (Wildman–Crippen LogP) is 2.35. The number of rotatable bonds is 5. The first-order valence-corrected chi connectivity index (χ1v) is 7.43. The molecule has 2 rings (SSSR count). The molecule has 0 spiro atoms. The molecule has 0 aliphatic heterocycles. The van der Waals surface area contributed by atoms with Gasteiger partial charge in [-0.25, -0.2) is 4.79 Å². The summed E-state index contributed by atoms with van der Waals surface area (Å²) in [7, 11) is 0. The number of primary amides is 1. The first-order valence-electron chi connectivity index (χ1n) is 7.43. The normalized spacial score (nSPS) is 17.0. The molecule has 3 N–H and O–H groups in total. The molecule has 0 unspecified atom stereocenters. The van der Waals surface area contributed by atoms with Gasteiger partial charge in [-0.3, -0.25) is 4.79 Å². The molecule has 1 fully saturated rings. The van der Waals surface area contributed by atoms with Gasteiger partial charge in [-0.2, -0.15) is 0 Å². The summed E-state index contributed by atoms with van der Waals surface area (Å²) >= 11 is 0. The topological polar surface area (TPSA) is 81.4 Å². The van der Waals surface area contributed by atoms with E-state index in [4.69, 9.17) is 10.5 Å². The van der Waals surface area contributed by atoms with E-state index in [1.165, 1.54) is 6.42 Å². The van der Waals surface area contributed by atoms with Gasteiger partial charge in [0.25, 0.3) is 0 Å². The molecule has 5 heteroatoms. The van der Waals surface area contributed by atoms with E-state index in [1.807, 2.05) is 30.3 Å². The summed E-state index contributed by atoms with van der Waals surface area (Å²) in [5.74, 6) is -0.362. The number of carbonyl (C=O) groups excluding carboxylic acids is 2. The minimum atomic E-state index is -0.631. The van der Waals surface area contributed by atoms with Gasteiger partial charge < -0.3 is 15.8 Å². The number of amides is 2. The summed E-state index contributed by atoms with van der Waals surface area (Å²) in [5.41, 5.74) is 6.32. The van der Waals surface area contributed by atoms with Crippen LogP contribution in [0.15, 0.2) is 30.3 Å². The van der Waals surface area contributed by atoms with Crippen LogP contribution in [0, 0.1) is 5.92 Å². The molecule has 0 bridgehead atoms. The number of carbonyl (C=O) groups is 2. The maximum absolute atomic E-state index is 11.8. The van der Waals surface area contributed by atoms with E-state index in [-0.39, 0.29) is 12.5 Å². The van der Waals surface area contributed by atoms with Gasteiger partial charge in [-0.05, 0) is 24.3 Å². The first-order chi connectivity index (χ1) is 10.2. The average molecular weight is 290 g/mol. The third-order valence-corrected chi connectivity index (χ3v) is 3.91. The zero-order valence-electron chi connectivity index (χ0n) is 12.1. The molecule has 114 valence electrons. The van der Waals surface area contributed by atoms with Crippen LogP contribution in [0.3, 0.4) is 0 Å². The summed E-state index contributed by atoms with van der Waals surface area (Å²) in [6.45, 7) is 0.183. The van der Waals surface area contributed by atoms with Gasteiger partial charge in [0.2, 0.25) is 5.91 Å². The molecule has 2 amide bonds. The van der Waals surface area contributed by atoms with Crippen LogP contribution in [-0.2, 0) is 16.1 Å². The van der Waals surface area contributed by atoms with Crippen molar-refractivity contribution in [2.45, 2.75) is 44.8 Å². The minimum Gasteiger partial charge on any atom is -0.445 e. The minimum absolute atomic E-state index is 0.125. The largest absolute Gasteiger partial charge is 0.445 e. The van der Waals surface area contributed by atoms with E-state index >= 15 is 0 Å². The molecular weight excluding hydrogens is 268 g/mol. The summed E-state index contributed by atoms with van der Waals surface area (Å²) in [6, 6.07) is 8.78. The second-order valence-electron chi connectivity index (χ2n) is 5.48. The highest BCUT2D eigenvalue weighted by Crippen LogP contribution is 2.26. The summed E-state index contributed by atoms with van der Waals surface area (Å²) in [6.07, 6.45) is 4.59. The molecule has 1 saturated carbocycles. The van der Waals surface area contributed by atoms with Crippen LogP contribution in [0.5, 0.6) is 0 Å².